The van der Waals surface area contributed by atoms with Gasteiger partial charge in [-0.15, -0.1) is 0 Å². The molecule has 11 nitrogen and oxygen atoms in total. The summed E-state index contributed by atoms with van der Waals surface area (Å²) >= 11 is 6.66. The number of ether oxygens (including phenoxy) is 2. The van der Waals surface area contributed by atoms with Crippen molar-refractivity contribution in [1.29, 1.82) is 0 Å². The van der Waals surface area contributed by atoms with Crippen LogP contribution in [0.3, 0.4) is 0 Å². The van der Waals surface area contributed by atoms with Crippen LogP contribution in [0.2, 0.25) is 5.02 Å². The van der Waals surface area contributed by atoms with Gasteiger partial charge in [-0.05, 0) is 81.3 Å². The maximum atomic E-state index is 13.2. The average Bonchev–Trinajstić information content (AvgIpc) is 3.81. The first kappa shape index (κ1) is 35.9. The molecule has 1 fully saturated rings. The molecule has 51 heavy (non-hydrogen) atoms. The van der Waals surface area contributed by atoms with Crippen molar-refractivity contribution in [3.8, 4) is 22.3 Å². The fourth-order valence-electron chi connectivity index (χ4n) is 6.11. The van der Waals surface area contributed by atoms with Crippen molar-refractivity contribution < 1.29 is 23.6 Å². The minimum Gasteiger partial charge on any atom is -0.444 e. The summed E-state index contributed by atoms with van der Waals surface area (Å²) in [7, 11) is 0. The Morgan fingerprint density at radius 1 is 1.02 bits per heavy atom. The highest BCUT2D eigenvalue weighted by atomic mass is 35.5. The van der Waals surface area contributed by atoms with Crippen molar-refractivity contribution in [2.45, 2.75) is 71.2 Å². The Morgan fingerprint density at radius 3 is 2.59 bits per heavy atom. The minimum atomic E-state index is -0.678. The highest BCUT2D eigenvalue weighted by Gasteiger charge is 2.24. The van der Waals surface area contributed by atoms with Crippen molar-refractivity contribution >= 4 is 40.2 Å². The van der Waals surface area contributed by atoms with Gasteiger partial charge < -0.3 is 29.5 Å². The monoisotopic (exact) mass is 712 g/mol. The molecule has 0 bridgehead atoms. The molecule has 2 aromatic heterocycles. The Morgan fingerprint density at radius 2 is 1.86 bits per heavy atom. The van der Waals surface area contributed by atoms with Crippen molar-refractivity contribution in [3.05, 3.63) is 89.9 Å². The molecule has 1 aliphatic heterocycles. The quantitative estimate of drug-likeness (QED) is 0.117. The molecule has 1 aliphatic rings. The Labute approximate surface area is 303 Å². The lowest BCUT2D eigenvalue weighted by atomic mass is 10.0. The zero-order chi connectivity index (χ0) is 35.8. The van der Waals surface area contributed by atoms with Crippen molar-refractivity contribution in [1.82, 2.24) is 25.2 Å². The lowest BCUT2D eigenvalue weighted by molar-refractivity contribution is -0.121. The number of hydrogen-bond donors (Lipinski definition) is 2. The molecule has 6 rings (SSSR count). The van der Waals surface area contributed by atoms with Gasteiger partial charge in [0.15, 0.2) is 6.23 Å². The molecule has 3 aromatic carbocycles. The van der Waals surface area contributed by atoms with Crippen LogP contribution in [0.1, 0.15) is 64.7 Å². The Bertz CT molecular complexity index is 1920. The van der Waals surface area contributed by atoms with Crippen LogP contribution >= 0.6 is 11.6 Å². The number of fused-ring (bicyclic) bond motifs is 1. The predicted molar refractivity (Wildman–Crippen MR) is 198 cm³/mol. The fraction of sp³-hybridized carbons (Fsp3) is 0.385. The smallest absolute Gasteiger partial charge is 0.410 e. The molecule has 1 saturated heterocycles. The Hall–Kier alpha value is -4.87. The molecule has 2 N–H and O–H groups in total. The van der Waals surface area contributed by atoms with Crippen LogP contribution in [0.5, 0.6) is 0 Å². The summed E-state index contributed by atoms with van der Waals surface area (Å²) in [5.74, 6) is -0.147. The third-order valence-corrected chi connectivity index (χ3v) is 8.97. The number of nitrogens with zero attached hydrogens (tertiary/aromatic N) is 4. The van der Waals surface area contributed by atoms with E-state index in [1.165, 1.54) is 0 Å². The number of anilines is 1. The van der Waals surface area contributed by atoms with Gasteiger partial charge in [0.1, 0.15) is 11.9 Å². The van der Waals surface area contributed by atoms with E-state index in [1.54, 1.807) is 17.4 Å². The molecular formula is C39H45ClN6O5. The lowest BCUT2D eigenvalue weighted by Crippen LogP contribution is -2.39. The topological polar surface area (TPSA) is 124 Å². The molecule has 0 radical (unpaired) electrons. The van der Waals surface area contributed by atoms with Gasteiger partial charge in [0, 0.05) is 66.4 Å². The summed E-state index contributed by atoms with van der Waals surface area (Å²) in [4.78, 5) is 27.7. The zero-order valence-electron chi connectivity index (χ0n) is 29.4. The summed E-state index contributed by atoms with van der Waals surface area (Å²) in [5.41, 5.74) is 5.83. The summed E-state index contributed by atoms with van der Waals surface area (Å²) in [5, 5.41) is 16.7. The molecule has 1 atom stereocenters. The first-order valence-corrected chi connectivity index (χ1v) is 17.9. The first-order valence-electron chi connectivity index (χ1n) is 17.5. The predicted octanol–water partition coefficient (Wildman–Crippen LogP) is 8.46. The van der Waals surface area contributed by atoms with Gasteiger partial charge in [0.2, 0.25) is 5.91 Å². The molecule has 3 heterocycles. The molecule has 0 spiro atoms. The van der Waals surface area contributed by atoms with E-state index in [0.717, 1.165) is 70.3 Å². The number of aromatic nitrogens is 3. The number of rotatable bonds is 13. The van der Waals surface area contributed by atoms with Gasteiger partial charge in [-0.2, -0.15) is 5.10 Å². The van der Waals surface area contributed by atoms with Crippen molar-refractivity contribution in [2.75, 3.05) is 31.6 Å². The van der Waals surface area contributed by atoms with E-state index in [2.05, 4.69) is 27.9 Å². The third-order valence-electron chi connectivity index (χ3n) is 8.65. The fourth-order valence-corrected chi connectivity index (χ4v) is 6.42. The highest BCUT2D eigenvalue weighted by molar-refractivity contribution is 6.33. The minimum absolute atomic E-state index is 0.0960. The Balaban J connectivity index is 1.04. The van der Waals surface area contributed by atoms with Crippen LogP contribution in [-0.2, 0) is 20.8 Å². The molecular weight excluding hydrogens is 668 g/mol. The van der Waals surface area contributed by atoms with Gasteiger partial charge >= 0.3 is 6.09 Å². The molecule has 1 unspecified atom stereocenters. The van der Waals surface area contributed by atoms with E-state index >= 15 is 0 Å². The number of hydrogen-bond acceptors (Lipinski definition) is 8. The van der Waals surface area contributed by atoms with Crippen LogP contribution in [0.25, 0.3) is 33.2 Å². The second-order valence-corrected chi connectivity index (χ2v) is 14.1. The van der Waals surface area contributed by atoms with Gasteiger partial charge in [-0.1, -0.05) is 59.2 Å². The molecule has 268 valence electrons. The maximum absolute atomic E-state index is 13.2. The van der Waals surface area contributed by atoms with E-state index in [4.69, 9.17) is 30.7 Å². The van der Waals surface area contributed by atoms with Gasteiger partial charge in [0.25, 0.3) is 0 Å². The number of halogens is 1. The second-order valence-electron chi connectivity index (χ2n) is 13.7. The summed E-state index contributed by atoms with van der Waals surface area (Å²) in [6, 6.07) is 19.8. The zero-order valence-corrected chi connectivity index (χ0v) is 30.1. The van der Waals surface area contributed by atoms with Crippen LogP contribution < -0.4 is 10.6 Å². The molecule has 5 aromatic rings. The third kappa shape index (κ3) is 9.47. The average molecular weight is 713 g/mol. The second kappa shape index (κ2) is 16.4. The number of nitrogens with one attached hydrogen (secondary N) is 2. The number of amides is 2. The summed E-state index contributed by atoms with van der Waals surface area (Å²) in [6.07, 6.45) is 8.51. The van der Waals surface area contributed by atoms with E-state index in [1.807, 2.05) is 80.2 Å². The largest absolute Gasteiger partial charge is 0.444 e. The van der Waals surface area contributed by atoms with Crippen LogP contribution in [-0.4, -0.2) is 63.7 Å². The summed E-state index contributed by atoms with van der Waals surface area (Å²) < 4.78 is 18.8. The lowest BCUT2D eigenvalue weighted by Gasteiger charge is -2.27. The van der Waals surface area contributed by atoms with Crippen LogP contribution in [0.4, 0.5) is 10.5 Å². The van der Waals surface area contributed by atoms with Crippen LogP contribution in [0.15, 0.2) is 83.8 Å². The van der Waals surface area contributed by atoms with Gasteiger partial charge in [0.05, 0.1) is 17.9 Å². The van der Waals surface area contributed by atoms with Gasteiger partial charge in [-0.25, -0.2) is 9.48 Å². The maximum Gasteiger partial charge on any atom is 0.410 e. The molecule has 0 saturated carbocycles. The standard InChI is InChI=1S/C39H45ClN6O5/c1-39(2,3)51-38(48)45(25-27-13-14-31(33(40)20-27)28-10-5-4-6-11-28)18-15-36(47)42-17-9-16-41-34-21-29(30-23-44-50-26-30)22-35-32(34)24-43-46(35)37-12-7-8-19-49-37/h4-6,10-11,13-14,20-24,26,37,41H,7-9,12,15-19,25H2,1-3H3,(H,42,47). The normalized spacial score (nSPS) is 14.7. The van der Waals surface area contributed by atoms with E-state index in [9.17, 15) is 9.59 Å². The van der Waals surface area contributed by atoms with Crippen molar-refractivity contribution in [3.63, 3.8) is 0 Å². The van der Waals surface area contributed by atoms with Gasteiger partial charge in [-0.3, -0.25) is 4.79 Å². The van der Waals surface area contributed by atoms with E-state index in [0.29, 0.717) is 24.5 Å². The Kier molecular flexibility index (Phi) is 11.6. The first-order chi connectivity index (χ1) is 24.6. The van der Waals surface area contributed by atoms with E-state index < -0.39 is 11.7 Å². The van der Waals surface area contributed by atoms with Crippen molar-refractivity contribution in [2.24, 2.45) is 0 Å². The van der Waals surface area contributed by atoms with Crippen LogP contribution in [0, 0.1) is 0 Å². The number of carbonyl (C=O) groups excluding carboxylic acids is 2. The number of carbonyl (C=O) groups is 2. The molecule has 2 amide bonds. The SMILES string of the molecule is CC(C)(C)OC(=O)N(CCC(=O)NCCCNc1cc(-c2cnoc2)cc2c1cnn2C1CCCCO1)Cc1ccc(-c2ccccc2)c(Cl)c1. The molecule has 12 heteroatoms. The highest BCUT2D eigenvalue weighted by Crippen LogP contribution is 2.34. The van der Waals surface area contributed by atoms with E-state index in [-0.39, 0.29) is 31.6 Å². The number of benzene rings is 3. The summed E-state index contributed by atoms with van der Waals surface area (Å²) in [6.45, 7) is 7.74. The molecule has 0 aliphatic carbocycles.